The van der Waals surface area contributed by atoms with Gasteiger partial charge >= 0.3 is 0 Å². The number of aliphatic hydroxyl groups excluding tert-OH is 1. The highest BCUT2D eigenvalue weighted by atomic mass is 19.1. The molecule has 1 N–H and O–H groups in total. The van der Waals surface area contributed by atoms with Crippen molar-refractivity contribution in [3.63, 3.8) is 0 Å². The van der Waals surface area contributed by atoms with Crippen LogP contribution >= 0.6 is 0 Å². The minimum absolute atomic E-state index is 0.00347. The number of hydrogen-bond donors (Lipinski definition) is 1. The SMILES string of the molecule is OCCC1(F)CCCCC1. The Balaban J connectivity index is 2.32. The molecule has 1 rings (SSSR count). The van der Waals surface area contributed by atoms with Crippen LogP contribution in [0.4, 0.5) is 4.39 Å². The van der Waals surface area contributed by atoms with Crippen LogP contribution in [0.15, 0.2) is 0 Å². The van der Waals surface area contributed by atoms with Gasteiger partial charge in [-0.15, -0.1) is 0 Å². The van der Waals surface area contributed by atoms with Crippen molar-refractivity contribution in [2.24, 2.45) is 0 Å². The molecule has 0 saturated heterocycles. The van der Waals surface area contributed by atoms with Crippen molar-refractivity contribution in [3.8, 4) is 0 Å². The molecule has 1 aliphatic carbocycles. The number of aliphatic hydroxyl groups is 1. The fraction of sp³-hybridized carbons (Fsp3) is 1.00. The molecule has 0 aliphatic heterocycles. The van der Waals surface area contributed by atoms with Gasteiger partial charge in [-0.2, -0.15) is 0 Å². The molecule has 0 amide bonds. The van der Waals surface area contributed by atoms with Gasteiger partial charge in [0.15, 0.2) is 0 Å². The Kier molecular flexibility index (Phi) is 2.66. The maximum absolute atomic E-state index is 13.4. The number of alkyl halides is 1. The third kappa shape index (κ3) is 1.94. The van der Waals surface area contributed by atoms with E-state index >= 15 is 0 Å². The summed E-state index contributed by atoms with van der Waals surface area (Å²) >= 11 is 0. The summed E-state index contributed by atoms with van der Waals surface area (Å²) in [6, 6.07) is 0. The summed E-state index contributed by atoms with van der Waals surface area (Å²) < 4.78 is 13.4. The fourth-order valence-corrected chi connectivity index (χ4v) is 1.64. The van der Waals surface area contributed by atoms with E-state index in [4.69, 9.17) is 5.11 Å². The number of rotatable bonds is 2. The highest BCUT2D eigenvalue weighted by Gasteiger charge is 2.30. The van der Waals surface area contributed by atoms with E-state index in [1.165, 1.54) is 0 Å². The third-order valence-corrected chi connectivity index (χ3v) is 2.31. The van der Waals surface area contributed by atoms with Gasteiger partial charge in [-0.05, 0) is 12.8 Å². The van der Waals surface area contributed by atoms with Crippen LogP contribution in [0.25, 0.3) is 0 Å². The van der Waals surface area contributed by atoms with Gasteiger partial charge in [0.2, 0.25) is 0 Å². The summed E-state index contributed by atoms with van der Waals surface area (Å²) in [6.45, 7) is -0.00347. The van der Waals surface area contributed by atoms with Crippen molar-refractivity contribution < 1.29 is 9.50 Å². The molecule has 0 spiro atoms. The van der Waals surface area contributed by atoms with E-state index in [9.17, 15) is 4.39 Å². The molecule has 10 heavy (non-hydrogen) atoms. The lowest BCUT2D eigenvalue weighted by Crippen LogP contribution is -2.27. The van der Waals surface area contributed by atoms with Gasteiger partial charge < -0.3 is 5.11 Å². The van der Waals surface area contributed by atoms with Crippen molar-refractivity contribution in [3.05, 3.63) is 0 Å². The number of halogens is 1. The summed E-state index contributed by atoms with van der Waals surface area (Å²) in [5.41, 5.74) is -1.02. The van der Waals surface area contributed by atoms with E-state index in [1.54, 1.807) is 0 Å². The molecule has 0 unspecified atom stereocenters. The van der Waals surface area contributed by atoms with E-state index < -0.39 is 5.67 Å². The second kappa shape index (κ2) is 3.33. The van der Waals surface area contributed by atoms with Gasteiger partial charge in [0.05, 0.1) is 0 Å². The standard InChI is InChI=1S/C8H15FO/c9-8(6-7-10)4-2-1-3-5-8/h10H,1-7H2. The van der Waals surface area contributed by atoms with Gasteiger partial charge in [0.25, 0.3) is 0 Å². The molecule has 1 aliphatic rings. The molecule has 0 bridgehead atoms. The second-order valence-electron chi connectivity index (χ2n) is 3.19. The molecule has 0 radical (unpaired) electrons. The Morgan fingerprint density at radius 3 is 2.30 bits per heavy atom. The Labute approximate surface area is 61.2 Å². The molecule has 0 aromatic carbocycles. The quantitative estimate of drug-likeness (QED) is 0.632. The van der Waals surface area contributed by atoms with Crippen LogP contribution in [0.3, 0.4) is 0 Å². The van der Waals surface area contributed by atoms with E-state index in [0.717, 1.165) is 19.3 Å². The first-order chi connectivity index (χ1) is 4.77. The van der Waals surface area contributed by atoms with Crippen LogP contribution in [0.2, 0.25) is 0 Å². The summed E-state index contributed by atoms with van der Waals surface area (Å²) in [7, 11) is 0. The highest BCUT2D eigenvalue weighted by Crippen LogP contribution is 2.33. The van der Waals surface area contributed by atoms with Crippen LogP contribution < -0.4 is 0 Å². The average Bonchev–Trinajstić information content (AvgIpc) is 1.89. The van der Waals surface area contributed by atoms with Crippen LogP contribution in [-0.4, -0.2) is 17.4 Å². The lowest BCUT2D eigenvalue weighted by Gasteiger charge is -2.28. The van der Waals surface area contributed by atoms with E-state index in [0.29, 0.717) is 19.3 Å². The summed E-state index contributed by atoms with van der Waals surface area (Å²) in [4.78, 5) is 0. The lowest BCUT2D eigenvalue weighted by atomic mass is 9.84. The van der Waals surface area contributed by atoms with Gasteiger partial charge in [-0.1, -0.05) is 19.3 Å². The maximum atomic E-state index is 13.4. The van der Waals surface area contributed by atoms with Crippen LogP contribution in [-0.2, 0) is 0 Å². The van der Waals surface area contributed by atoms with Gasteiger partial charge in [-0.3, -0.25) is 0 Å². The molecule has 0 aromatic heterocycles. The molecule has 1 saturated carbocycles. The van der Waals surface area contributed by atoms with Crippen LogP contribution in [0.1, 0.15) is 38.5 Å². The average molecular weight is 146 g/mol. The van der Waals surface area contributed by atoms with Crippen molar-refractivity contribution >= 4 is 0 Å². The Morgan fingerprint density at radius 2 is 1.80 bits per heavy atom. The molecule has 0 heterocycles. The lowest BCUT2D eigenvalue weighted by molar-refractivity contribution is 0.0727. The van der Waals surface area contributed by atoms with E-state index in [2.05, 4.69) is 0 Å². The monoisotopic (exact) mass is 146 g/mol. The van der Waals surface area contributed by atoms with Gasteiger partial charge in [0, 0.05) is 13.0 Å². The highest BCUT2D eigenvalue weighted by molar-refractivity contribution is 4.82. The fourth-order valence-electron chi connectivity index (χ4n) is 1.64. The van der Waals surface area contributed by atoms with Crippen molar-refractivity contribution in [2.45, 2.75) is 44.2 Å². The first kappa shape index (κ1) is 7.99. The molecule has 0 aromatic rings. The van der Waals surface area contributed by atoms with Gasteiger partial charge in [-0.25, -0.2) is 4.39 Å². The first-order valence-corrected chi connectivity index (χ1v) is 4.07. The normalized spacial score (nSPS) is 24.6. The molecule has 1 fully saturated rings. The Morgan fingerprint density at radius 1 is 1.20 bits per heavy atom. The topological polar surface area (TPSA) is 20.2 Å². The minimum atomic E-state index is -1.02. The zero-order valence-corrected chi connectivity index (χ0v) is 6.27. The van der Waals surface area contributed by atoms with Crippen molar-refractivity contribution in [2.75, 3.05) is 6.61 Å². The first-order valence-electron chi connectivity index (χ1n) is 4.07. The molecule has 0 atom stereocenters. The van der Waals surface area contributed by atoms with E-state index in [1.807, 2.05) is 0 Å². The third-order valence-electron chi connectivity index (χ3n) is 2.31. The Bertz CT molecular complexity index is 91.9. The van der Waals surface area contributed by atoms with Crippen LogP contribution in [0, 0.1) is 0 Å². The zero-order valence-electron chi connectivity index (χ0n) is 6.27. The largest absolute Gasteiger partial charge is 0.396 e. The predicted octanol–water partition coefficient (Wildman–Crippen LogP) is 2.04. The Hall–Kier alpha value is -0.110. The van der Waals surface area contributed by atoms with Crippen molar-refractivity contribution in [1.29, 1.82) is 0 Å². The zero-order chi connectivity index (χ0) is 7.45. The van der Waals surface area contributed by atoms with Crippen LogP contribution in [0.5, 0.6) is 0 Å². The maximum Gasteiger partial charge on any atom is 0.113 e. The predicted molar refractivity (Wildman–Crippen MR) is 38.6 cm³/mol. The molecule has 60 valence electrons. The second-order valence-corrected chi connectivity index (χ2v) is 3.19. The van der Waals surface area contributed by atoms with Gasteiger partial charge in [0.1, 0.15) is 5.67 Å². The molecular weight excluding hydrogens is 131 g/mol. The number of hydrogen-bond acceptors (Lipinski definition) is 1. The smallest absolute Gasteiger partial charge is 0.113 e. The van der Waals surface area contributed by atoms with Crippen molar-refractivity contribution in [1.82, 2.24) is 0 Å². The summed E-state index contributed by atoms with van der Waals surface area (Å²) in [6.07, 6.45) is 4.82. The summed E-state index contributed by atoms with van der Waals surface area (Å²) in [5.74, 6) is 0. The minimum Gasteiger partial charge on any atom is -0.396 e. The molecule has 1 nitrogen and oxygen atoms in total. The molecular formula is C8H15FO. The summed E-state index contributed by atoms with van der Waals surface area (Å²) in [5, 5.41) is 8.54. The molecule has 2 heteroatoms. The van der Waals surface area contributed by atoms with E-state index in [-0.39, 0.29) is 6.61 Å².